The van der Waals surface area contributed by atoms with Crippen LogP contribution in [0.1, 0.15) is 25.6 Å². The molecule has 1 aliphatic rings. The minimum absolute atomic E-state index is 0.0864. The Bertz CT molecular complexity index is 1240. The van der Waals surface area contributed by atoms with Gasteiger partial charge in [-0.15, -0.1) is 22.7 Å². The van der Waals surface area contributed by atoms with Crippen LogP contribution in [0.4, 0.5) is 0 Å². The van der Waals surface area contributed by atoms with Gasteiger partial charge in [0.05, 0.1) is 17.6 Å². The van der Waals surface area contributed by atoms with E-state index in [2.05, 4.69) is 4.74 Å². The minimum atomic E-state index is -3.73. The number of aryl methyl sites for hydroxylation is 1. The van der Waals surface area contributed by atoms with E-state index in [9.17, 15) is 18.0 Å². The predicted molar refractivity (Wildman–Crippen MR) is 125 cm³/mol. The first-order valence-electron chi connectivity index (χ1n) is 9.92. The Labute approximate surface area is 194 Å². The summed E-state index contributed by atoms with van der Waals surface area (Å²) < 4.78 is 32.0. The molecule has 7 nitrogen and oxygen atoms in total. The number of methoxy groups -OCH3 is 1. The van der Waals surface area contributed by atoms with Gasteiger partial charge >= 0.3 is 5.97 Å². The SMILES string of the molecule is COC(=O)c1csc(S(=O)(=O)N2CCN(C(=O)c3sccc3-c3ccc(C)cc3)CC2)c1. The maximum absolute atomic E-state index is 13.2. The first kappa shape index (κ1) is 22.7. The van der Waals surface area contributed by atoms with Crippen LogP contribution in [0.3, 0.4) is 0 Å². The molecule has 3 heterocycles. The van der Waals surface area contributed by atoms with Crippen molar-refractivity contribution in [1.29, 1.82) is 0 Å². The lowest BCUT2D eigenvalue weighted by atomic mass is 10.0. The minimum Gasteiger partial charge on any atom is -0.465 e. The summed E-state index contributed by atoms with van der Waals surface area (Å²) in [5.41, 5.74) is 3.24. The number of rotatable bonds is 5. The van der Waals surface area contributed by atoms with Crippen LogP contribution >= 0.6 is 22.7 Å². The molecule has 1 amide bonds. The number of sulfonamides is 1. The predicted octanol–water partition coefficient (Wildman–Crippen LogP) is 3.72. The van der Waals surface area contributed by atoms with E-state index in [-0.39, 0.29) is 28.8 Å². The molecule has 3 aromatic rings. The van der Waals surface area contributed by atoms with Gasteiger partial charge in [0.15, 0.2) is 0 Å². The van der Waals surface area contributed by atoms with Crippen LogP contribution in [-0.4, -0.2) is 62.8 Å². The molecule has 0 spiro atoms. The number of benzene rings is 1. The van der Waals surface area contributed by atoms with E-state index in [1.165, 1.54) is 34.2 Å². The van der Waals surface area contributed by atoms with Gasteiger partial charge < -0.3 is 9.64 Å². The van der Waals surface area contributed by atoms with Crippen LogP contribution in [0.2, 0.25) is 0 Å². The highest BCUT2D eigenvalue weighted by molar-refractivity contribution is 7.91. The lowest BCUT2D eigenvalue weighted by Gasteiger charge is -2.33. The largest absolute Gasteiger partial charge is 0.465 e. The Morgan fingerprint density at radius 2 is 1.69 bits per heavy atom. The number of esters is 1. The molecule has 1 aromatic carbocycles. The molecule has 1 saturated heterocycles. The molecule has 0 saturated carbocycles. The van der Waals surface area contributed by atoms with E-state index in [0.29, 0.717) is 18.0 Å². The van der Waals surface area contributed by atoms with Gasteiger partial charge in [-0.25, -0.2) is 13.2 Å². The smallest absolute Gasteiger partial charge is 0.338 e. The van der Waals surface area contributed by atoms with Crippen molar-refractivity contribution in [3.8, 4) is 11.1 Å². The molecule has 0 aliphatic carbocycles. The van der Waals surface area contributed by atoms with E-state index in [1.807, 2.05) is 42.6 Å². The zero-order valence-electron chi connectivity index (χ0n) is 17.6. The van der Waals surface area contributed by atoms with Crippen molar-refractivity contribution in [2.45, 2.75) is 11.1 Å². The average molecular weight is 491 g/mol. The summed E-state index contributed by atoms with van der Waals surface area (Å²) in [4.78, 5) is 27.2. The third-order valence-electron chi connectivity index (χ3n) is 5.34. The number of piperazine rings is 1. The summed E-state index contributed by atoms with van der Waals surface area (Å²) in [5, 5.41) is 3.38. The fourth-order valence-corrected chi connectivity index (χ4v) is 7.12. The Balaban J connectivity index is 1.46. The monoisotopic (exact) mass is 490 g/mol. The first-order chi connectivity index (χ1) is 15.3. The highest BCUT2D eigenvalue weighted by atomic mass is 32.2. The van der Waals surface area contributed by atoms with Crippen LogP contribution in [0.25, 0.3) is 11.1 Å². The molecule has 0 atom stereocenters. The number of ether oxygens (including phenoxy) is 1. The number of hydrogen-bond donors (Lipinski definition) is 0. The van der Waals surface area contributed by atoms with Crippen molar-refractivity contribution in [2.75, 3.05) is 33.3 Å². The molecule has 0 bridgehead atoms. The van der Waals surface area contributed by atoms with Crippen LogP contribution in [-0.2, 0) is 14.8 Å². The van der Waals surface area contributed by atoms with Gasteiger partial charge in [-0.2, -0.15) is 4.31 Å². The highest BCUT2D eigenvalue weighted by Crippen LogP contribution is 2.31. The van der Waals surface area contributed by atoms with Gasteiger partial charge in [-0.1, -0.05) is 29.8 Å². The number of amides is 1. The fourth-order valence-electron chi connectivity index (χ4n) is 3.51. The second-order valence-electron chi connectivity index (χ2n) is 7.37. The van der Waals surface area contributed by atoms with Crippen molar-refractivity contribution in [1.82, 2.24) is 9.21 Å². The molecular formula is C22H22N2O5S3. The van der Waals surface area contributed by atoms with Gasteiger partial charge in [-0.05, 0) is 30.0 Å². The lowest BCUT2D eigenvalue weighted by Crippen LogP contribution is -2.50. The molecule has 0 unspecified atom stereocenters. The molecule has 2 aromatic heterocycles. The maximum Gasteiger partial charge on any atom is 0.338 e. The molecule has 4 rings (SSSR count). The number of thiophene rings is 2. The Morgan fingerprint density at radius 3 is 2.34 bits per heavy atom. The standard InChI is InChI=1S/C22H22N2O5S3/c1-15-3-5-16(6-4-15)18-7-12-30-20(18)21(25)23-8-10-24(11-9-23)32(27,28)19-13-17(14-31-19)22(26)29-2/h3-7,12-14H,8-11H2,1-2H3. The highest BCUT2D eigenvalue weighted by Gasteiger charge is 2.32. The summed E-state index contributed by atoms with van der Waals surface area (Å²) in [7, 11) is -2.48. The summed E-state index contributed by atoms with van der Waals surface area (Å²) in [6.45, 7) is 3.02. The maximum atomic E-state index is 13.2. The first-order valence-corrected chi connectivity index (χ1v) is 13.1. The lowest BCUT2D eigenvalue weighted by molar-refractivity contribution is 0.0600. The molecule has 32 heavy (non-hydrogen) atoms. The number of carbonyl (C=O) groups excluding carboxylic acids is 2. The van der Waals surface area contributed by atoms with E-state index in [1.54, 1.807) is 4.90 Å². The molecule has 1 aliphatic heterocycles. The Morgan fingerprint density at radius 1 is 1.00 bits per heavy atom. The van der Waals surface area contributed by atoms with Crippen LogP contribution < -0.4 is 0 Å². The Hall–Kier alpha value is -2.53. The summed E-state index contributed by atoms with van der Waals surface area (Å²) in [5.74, 6) is -0.657. The normalized spacial score (nSPS) is 15.0. The second kappa shape index (κ2) is 9.14. The molecule has 1 fully saturated rings. The van der Waals surface area contributed by atoms with Crippen LogP contribution in [0.15, 0.2) is 51.4 Å². The van der Waals surface area contributed by atoms with Gasteiger partial charge in [-0.3, -0.25) is 4.79 Å². The van der Waals surface area contributed by atoms with E-state index in [4.69, 9.17) is 0 Å². The summed E-state index contributed by atoms with van der Waals surface area (Å²) in [6, 6.07) is 11.3. The third-order valence-corrected chi connectivity index (χ3v) is 9.55. The number of hydrogen-bond acceptors (Lipinski definition) is 7. The fraction of sp³-hybridized carbons (Fsp3) is 0.273. The van der Waals surface area contributed by atoms with Crippen molar-refractivity contribution < 1.29 is 22.7 Å². The molecule has 168 valence electrons. The van der Waals surface area contributed by atoms with Gasteiger partial charge in [0.1, 0.15) is 4.21 Å². The van der Waals surface area contributed by atoms with Crippen molar-refractivity contribution in [3.63, 3.8) is 0 Å². The molecule has 10 heteroatoms. The van der Waals surface area contributed by atoms with Gasteiger partial charge in [0.25, 0.3) is 15.9 Å². The summed E-state index contributed by atoms with van der Waals surface area (Å²) in [6.07, 6.45) is 0. The van der Waals surface area contributed by atoms with Crippen LogP contribution in [0, 0.1) is 6.92 Å². The van der Waals surface area contributed by atoms with Crippen molar-refractivity contribution in [2.24, 2.45) is 0 Å². The molecule has 0 radical (unpaired) electrons. The zero-order chi connectivity index (χ0) is 22.9. The van der Waals surface area contributed by atoms with Crippen molar-refractivity contribution >= 4 is 44.6 Å². The van der Waals surface area contributed by atoms with E-state index >= 15 is 0 Å². The number of carbonyl (C=O) groups is 2. The van der Waals surface area contributed by atoms with Gasteiger partial charge in [0, 0.05) is 37.1 Å². The topological polar surface area (TPSA) is 84.0 Å². The second-order valence-corrected chi connectivity index (χ2v) is 11.4. The van der Waals surface area contributed by atoms with E-state index in [0.717, 1.165) is 28.0 Å². The van der Waals surface area contributed by atoms with Crippen LogP contribution in [0.5, 0.6) is 0 Å². The molecular weight excluding hydrogens is 468 g/mol. The average Bonchev–Trinajstić information content (AvgIpc) is 3.49. The number of nitrogens with zero attached hydrogens (tertiary/aromatic N) is 2. The van der Waals surface area contributed by atoms with Crippen molar-refractivity contribution in [3.05, 3.63) is 63.2 Å². The zero-order valence-corrected chi connectivity index (χ0v) is 20.1. The van der Waals surface area contributed by atoms with Gasteiger partial charge in [0.2, 0.25) is 0 Å². The third kappa shape index (κ3) is 4.36. The summed E-state index contributed by atoms with van der Waals surface area (Å²) >= 11 is 2.39. The molecule has 0 N–H and O–H groups in total. The quantitative estimate of drug-likeness (QED) is 0.509. The van der Waals surface area contributed by atoms with E-state index < -0.39 is 16.0 Å². The Kier molecular flexibility index (Phi) is 6.47.